The fraction of sp³-hybridized carbons (Fsp3) is 0.118. The number of hydrogen-bond acceptors (Lipinski definition) is 4. The Bertz CT molecular complexity index is 884. The monoisotopic (exact) mass is 376 g/mol. The zero-order valence-electron chi connectivity index (χ0n) is 13.2. The first-order chi connectivity index (χ1) is 12.0. The molecule has 0 aliphatic rings. The van der Waals surface area contributed by atoms with Crippen molar-refractivity contribution in [3.63, 3.8) is 0 Å². The van der Waals surface area contributed by atoms with Gasteiger partial charge in [-0.1, -0.05) is 28.9 Å². The van der Waals surface area contributed by atoms with Gasteiger partial charge in [0.15, 0.2) is 5.11 Å². The topological polar surface area (TPSA) is 54.2 Å². The third-order valence-electron chi connectivity index (χ3n) is 3.37. The van der Waals surface area contributed by atoms with Gasteiger partial charge in [-0.25, -0.2) is 4.39 Å². The van der Waals surface area contributed by atoms with E-state index < -0.39 is 0 Å². The molecule has 2 aromatic carbocycles. The number of anilines is 1. The summed E-state index contributed by atoms with van der Waals surface area (Å²) >= 11 is 11.3. The summed E-state index contributed by atoms with van der Waals surface area (Å²) in [6, 6.07) is 13.2. The summed E-state index contributed by atoms with van der Waals surface area (Å²) in [6.07, 6.45) is 0. The number of hydrogen-bond donors (Lipinski definition) is 1. The van der Waals surface area contributed by atoms with Crippen molar-refractivity contribution in [2.45, 2.75) is 6.54 Å². The lowest BCUT2D eigenvalue weighted by atomic mass is 10.2. The second-order valence-corrected chi connectivity index (χ2v) is 6.14. The van der Waals surface area contributed by atoms with Gasteiger partial charge in [-0.3, -0.25) is 0 Å². The number of benzene rings is 2. The third-order valence-corrected chi connectivity index (χ3v) is 4.01. The third kappa shape index (κ3) is 4.52. The molecular formula is C17H14ClFN4OS. The fourth-order valence-electron chi connectivity index (χ4n) is 2.09. The van der Waals surface area contributed by atoms with Crippen LogP contribution in [-0.2, 0) is 6.54 Å². The Morgan fingerprint density at radius 2 is 2.04 bits per heavy atom. The molecule has 3 aromatic rings. The molecule has 1 N–H and O–H groups in total. The van der Waals surface area contributed by atoms with Gasteiger partial charge in [0.2, 0.25) is 11.7 Å². The molecule has 0 radical (unpaired) electrons. The molecule has 0 atom stereocenters. The molecule has 1 aromatic heterocycles. The van der Waals surface area contributed by atoms with Crippen LogP contribution < -0.4 is 5.32 Å². The largest absolute Gasteiger partial charge is 0.343 e. The zero-order chi connectivity index (χ0) is 17.8. The number of aromatic nitrogens is 2. The molecule has 0 amide bonds. The Labute approximate surface area is 154 Å². The Morgan fingerprint density at radius 3 is 2.76 bits per heavy atom. The van der Waals surface area contributed by atoms with Crippen molar-refractivity contribution in [3.05, 3.63) is 65.3 Å². The van der Waals surface area contributed by atoms with Gasteiger partial charge in [0, 0.05) is 23.3 Å². The van der Waals surface area contributed by atoms with Gasteiger partial charge in [-0.2, -0.15) is 4.98 Å². The van der Waals surface area contributed by atoms with Gasteiger partial charge < -0.3 is 14.7 Å². The SMILES string of the molecule is CN(Cc1nc(-c2cccc(Cl)c2)no1)C(=S)Nc1ccc(F)cc1. The highest BCUT2D eigenvalue weighted by atomic mass is 35.5. The van der Waals surface area contributed by atoms with Crippen LogP contribution in [0, 0.1) is 5.82 Å². The van der Waals surface area contributed by atoms with E-state index in [1.165, 1.54) is 12.1 Å². The molecule has 0 spiro atoms. The molecule has 5 nitrogen and oxygen atoms in total. The van der Waals surface area contributed by atoms with E-state index >= 15 is 0 Å². The summed E-state index contributed by atoms with van der Waals surface area (Å²) in [7, 11) is 1.79. The average molecular weight is 377 g/mol. The average Bonchev–Trinajstić information content (AvgIpc) is 3.05. The van der Waals surface area contributed by atoms with E-state index in [0.29, 0.717) is 34.1 Å². The van der Waals surface area contributed by atoms with Crippen molar-refractivity contribution in [3.8, 4) is 11.4 Å². The van der Waals surface area contributed by atoms with Crippen LogP contribution in [0.4, 0.5) is 10.1 Å². The summed E-state index contributed by atoms with van der Waals surface area (Å²) in [5.74, 6) is 0.577. The molecule has 3 rings (SSSR count). The molecule has 0 bridgehead atoms. The lowest BCUT2D eigenvalue weighted by Crippen LogP contribution is -2.30. The first-order valence-electron chi connectivity index (χ1n) is 7.37. The number of nitrogens with one attached hydrogen (secondary N) is 1. The van der Waals surface area contributed by atoms with E-state index in [1.807, 2.05) is 12.1 Å². The highest BCUT2D eigenvalue weighted by molar-refractivity contribution is 7.80. The fourth-order valence-corrected chi connectivity index (χ4v) is 2.46. The first-order valence-corrected chi connectivity index (χ1v) is 8.16. The van der Waals surface area contributed by atoms with Crippen LogP contribution in [0.3, 0.4) is 0 Å². The standard InChI is InChI=1S/C17H14ClFN4OS/c1-23(17(25)20-14-7-5-13(19)6-8-14)10-15-21-16(22-24-15)11-3-2-4-12(18)9-11/h2-9H,10H2,1H3,(H,20,25). The van der Waals surface area contributed by atoms with E-state index in [4.69, 9.17) is 28.3 Å². The second-order valence-electron chi connectivity index (χ2n) is 5.32. The van der Waals surface area contributed by atoms with Crippen LogP contribution in [0.1, 0.15) is 5.89 Å². The molecule has 1 heterocycles. The predicted octanol–water partition coefficient (Wildman–Crippen LogP) is 4.36. The normalized spacial score (nSPS) is 10.5. The van der Waals surface area contributed by atoms with Gasteiger partial charge >= 0.3 is 0 Å². The number of thiocarbonyl (C=S) groups is 1. The molecule has 0 unspecified atom stereocenters. The van der Waals surface area contributed by atoms with Crippen LogP contribution in [0.25, 0.3) is 11.4 Å². The Morgan fingerprint density at radius 1 is 1.28 bits per heavy atom. The van der Waals surface area contributed by atoms with E-state index in [1.54, 1.807) is 36.2 Å². The van der Waals surface area contributed by atoms with E-state index in [0.717, 1.165) is 5.56 Å². The van der Waals surface area contributed by atoms with E-state index in [9.17, 15) is 4.39 Å². The smallest absolute Gasteiger partial charge is 0.246 e. The maximum Gasteiger partial charge on any atom is 0.246 e. The van der Waals surface area contributed by atoms with Gasteiger partial charge in [0.25, 0.3) is 0 Å². The number of rotatable bonds is 4. The first kappa shape index (κ1) is 17.3. The quantitative estimate of drug-likeness (QED) is 0.683. The summed E-state index contributed by atoms with van der Waals surface area (Å²) in [4.78, 5) is 6.09. The van der Waals surface area contributed by atoms with Gasteiger partial charge in [-0.15, -0.1) is 0 Å². The van der Waals surface area contributed by atoms with Crippen LogP contribution in [-0.4, -0.2) is 27.2 Å². The Balaban J connectivity index is 1.64. The zero-order valence-corrected chi connectivity index (χ0v) is 14.8. The minimum Gasteiger partial charge on any atom is -0.343 e. The summed E-state index contributed by atoms with van der Waals surface area (Å²) < 4.78 is 18.2. The number of halogens is 2. The summed E-state index contributed by atoms with van der Waals surface area (Å²) in [6.45, 7) is 0.334. The maximum absolute atomic E-state index is 12.9. The van der Waals surface area contributed by atoms with Gasteiger partial charge in [0.1, 0.15) is 5.82 Å². The molecule has 8 heteroatoms. The van der Waals surface area contributed by atoms with Crippen molar-refractivity contribution >= 4 is 34.6 Å². The second kappa shape index (κ2) is 7.58. The molecule has 128 valence electrons. The lowest BCUT2D eigenvalue weighted by molar-refractivity contribution is 0.336. The molecule has 25 heavy (non-hydrogen) atoms. The Kier molecular flexibility index (Phi) is 5.25. The minimum absolute atomic E-state index is 0.302. The van der Waals surface area contributed by atoms with Crippen molar-refractivity contribution in [2.75, 3.05) is 12.4 Å². The van der Waals surface area contributed by atoms with Crippen LogP contribution in [0.15, 0.2) is 53.1 Å². The lowest BCUT2D eigenvalue weighted by Gasteiger charge is -2.19. The van der Waals surface area contributed by atoms with Gasteiger partial charge in [0.05, 0.1) is 6.54 Å². The molecular weight excluding hydrogens is 363 g/mol. The van der Waals surface area contributed by atoms with Crippen LogP contribution in [0.2, 0.25) is 5.02 Å². The van der Waals surface area contributed by atoms with Crippen molar-refractivity contribution < 1.29 is 8.91 Å². The highest BCUT2D eigenvalue weighted by Crippen LogP contribution is 2.20. The predicted molar refractivity (Wildman–Crippen MR) is 98.8 cm³/mol. The van der Waals surface area contributed by atoms with Crippen LogP contribution in [0.5, 0.6) is 0 Å². The molecule has 0 saturated heterocycles. The van der Waals surface area contributed by atoms with Crippen molar-refractivity contribution in [1.82, 2.24) is 15.0 Å². The van der Waals surface area contributed by atoms with Crippen LogP contribution >= 0.6 is 23.8 Å². The Hall–Kier alpha value is -2.51. The van der Waals surface area contributed by atoms with Crippen molar-refractivity contribution in [2.24, 2.45) is 0 Å². The summed E-state index contributed by atoms with van der Waals surface area (Å²) in [5, 5.41) is 8.03. The molecule has 0 aliphatic heterocycles. The van der Waals surface area contributed by atoms with E-state index in [2.05, 4.69) is 15.5 Å². The minimum atomic E-state index is -0.302. The number of nitrogens with zero attached hydrogens (tertiary/aromatic N) is 3. The molecule has 0 saturated carbocycles. The highest BCUT2D eigenvalue weighted by Gasteiger charge is 2.13. The molecule has 0 aliphatic carbocycles. The van der Waals surface area contributed by atoms with E-state index in [-0.39, 0.29) is 5.82 Å². The summed E-state index contributed by atoms with van der Waals surface area (Å²) in [5.41, 5.74) is 1.47. The van der Waals surface area contributed by atoms with Gasteiger partial charge in [-0.05, 0) is 48.6 Å². The van der Waals surface area contributed by atoms with Crippen molar-refractivity contribution in [1.29, 1.82) is 0 Å². The molecule has 0 fully saturated rings. The maximum atomic E-state index is 12.9.